The second kappa shape index (κ2) is 3.59. The number of hydrogen-bond donors (Lipinski definition) is 1. The summed E-state index contributed by atoms with van der Waals surface area (Å²) in [5.74, 6) is -0.0252. The van der Waals surface area contributed by atoms with Crippen molar-refractivity contribution in [1.29, 1.82) is 0 Å². The number of phenols is 1. The fourth-order valence-electron chi connectivity index (χ4n) is 2.11. The molecule has 0 fully saturated rings. The highest BCUT2D eigenvalue weighted by molar-refractivity contribution is 6.06. The number of rotatable bonds is 1. The first-order valence-electron chi connectivity index (χ1n) is 5.32. The molecule has 0 atom stereocenters. The molecule has 0 amide bonds. The smallest absolute Gasteiger partial charge is 0.238 e. The number of aromatic hydroxyl groups is 1. The van der Waals surface area contributed by atoms with E-state index in [1.165, 1.54) is 6.07 Å². The van der Waals surface area contributed by atoms with Crippen LogP contribution in [0.25, 0.3) is 21.5 Å². The van der Waals surface area contributed by atoms with E-state index in [-0.39, 0.29) is 11.3 Å². The predicted octanol–water partition coefficient (Wildman–Crippen LogP) is 3.16. The molecule has 2 nitrogen and oxygen atoms in total. The van der Waals surface area contributed by atoms with Gasteiger partial charge in [0.05, 0.1) is 5.56 Å². The molecule has 1 radical (unpaired) electrons. The molecule has 1 N–H and O–H groups in total. The van der Waals surface area contributed by atoms with Gasteiger partial charge in [0.25, 0.3) is 0 Å². The minimum Gasteiger partial charge on any atom is -0.507 e. The number of carbonyl (C=O) groups excluding carboxylic acids is 1. The Morgan fingerprint density at radius 2 is 1.59 bits per heavy atom. The SMILES string of the molecule is O=[C]c1c(O)ccc2cc3ccccc3cc12. The van der Waals surface area contributed by atoms with Crippen molar-refractivity contribution in [3.05, 3.63) is 54.1 Å². The number of fused-ring (bicyclic) bond motifs is 2. The van der Waals surface area contributed by atoms with Crippen LogP contribution < -0.4 is 0 Å². The van der Waals surface area contributed by atoms with Gasteiger partial charge in [-0.1, -0.05) is 30.3 Å². The molecular formula is C15H9O2. The first-order valence-corrected chi connectivity index (χ1v) is 5.32. The molecule has 81 valence electrons. The normalized spacial score (nSPS) is 10.8. The second-order valence-corrected chi connectivity index (χ2v) is 3.98. The van der Waals surface area contributed by atoms with Crippen LogP contribution in [0.5, 0.6) is 5.75 Å². The van der Waals surface area contributed by atoms with Crippen molar-refractivity contribution >= 4 is 27.8 Å². The molecule has 0 aromatic heterocycles. The zero-order valence-electron chi connectivity index (χ0n) is 8.97. The van der Waals surface area contributed by atoms with Gasteiger partial charge in [0.15, 0.2) is 0 Å². The summed E-state index contributed by atoms with van der Waals surface area (Å²) < 4.78 is 0. The van der Waals surface area contributed by atoms with E-state index >= 15 is 0 Å². The van der Waals surface area contributed by atoms with Crippen molar-refractivity contribution in [1.82, 2.24) is 0 Å². The third-order valence-corrected chi connectivity index (χ3v) is 2.97. The Labute approximate surface area is 98.1 Å². The molecule has 0 aliphatic heterocycles. The minimum atomic E-state index is -0.0252. The van der Waals surface area contributed by atoms with Gasteiger partial charge >= 0.3 is 0 Å². The minimum absolute atomic E-state index is 0.0252. The Balaban J connectivity index is 2.52. The van der Waals surface area contributed by atoms with E-state index in [4.69, 9.17) is 0 Å². The summed E-state index contributed by atoms with van der Waals surface area (Å²) in [6, 6.07) is 15.2. The second-order valence-electron chi connectivity index (χ2n) is 3.98. The molecule has 2 heteroatoms. The van der Waals surface area contributed by atoms with Gasteiger partial charge in [-0.2, -0.15) is 0 Å². The monoisotopic (exact) mass is 221 g/mol. The van der Waals surface area contributed by atoms with E-state index in [9.17, 15) is 9.90 Å². The van der Waals surface area contributed by atoms with Gasteiger partial charge in [0.1, 0.15) is 5.75 Å². The van der Waals surface area contributed by atoms with Gasteiger partial charge in [-0.05, 0) is 39.7 Å². The Hall–Kier alpha value is -2.35. The van der Waals surface area contributed by atoms with Gasteiger partial charge in [-0.15, -0.1) is 0 Å². The highest BCUT2D eigenvalue weighted by atomic mass is 16.3. The Bertz CT molecular complexity index is 729. The van der Waals surface area contributed by atoms with E-state index in [1.807, 2.05) is 36.4 Å². The molecule has 0 saturated carbocycles. The van der Waals surface area contributed by atoms with Crippen LogP contribution in [-0.4, -0.2) is 11.4 Å². The molecule has 3 rings (SSSR count). The highest BCUT2D eigenvalue weighted by Gasteiger charge is 2.07. The molecule has 0 heterocycles. The topological polar surface area (TPSA) is 37.3 Å². The van der Waals surface area contributed by atoms with Crippen molar-refractivity contribution in [2.45, 2.75) is 0 Å². The first-order chi connectivity index (χ1) is 8.29. The summed E-state index contributed by atoms with van der Waals surface area (Å²) >= 11 is 0. The van der Waals surface area contributed by atoms with Gasteiger partial charge in [0.2, 0.25) is 6.29 Å². The molecule has 0 bridgehead atoms. The lowest BCUT2D eigenvalue weighted by Crippen LogP contribution is -1.86. The average molecular weight is 221 g/mol. The molecule has 3 aromatic rings. The molecule has 0 aliphatic carbocycles. The van der Waals surface area contributed by atoms with E-state index in [0.29, 0.717) is 0 Å². The van der Waals surface area contributed by atoms with Crippen LogP contribution in [0.4, 0.5) is 0 Å². The van der Waals surface area contributed by atoms with Crippen LogP contribution in [0.15, 0.2) is 48.5 Å². The number of phenolic OH excluding ortho intramolecular Hbond substituents is 1. The molecule has 0 aliphatic rings. The zero-order valence-corrected chi connectivity index (χ0v) is 8.97. The van der Waals surface area contributed by atoms with Crippen molar-refractivity contribution in [2.24, 2.45) is 0 Å². The Morgan fingerprint density at radius 3 is 2.29 bits per heavy atom. The standard InChI is InChI=1S/C15H9O2/c16-9-14-13-8-11-4-2-1-3-10(11)7-12(13)5-6-15(14)17/h1-8,17H. The maximum atomic E-state index is 10.9. The summed E-state index contributed by atoms with van der Waals surface area (Å²) in [5.41, 5.74) is 0.230. The predicted molar refractivity (Wildman–Crippen MR) is 67.9 cm³/mol. The van der Waals surface area contributed by atoms with Gasteiger partial charge in [-0.25, -0.2) is 0 Å². The van der Waals surface area contributed by atoms with Crippen molar-refractivity contribution in [3.63, 3.8) is 0 Å². The Kier molecular flexibility index (Phi) is 2.08. The van der Waals surface area contributed by atoms with Crippen molar-refractivity contribution in [3.8, 4) is 5.75 Å². The lowest BCUT2D eigenvalue weighted by atomic mass is 10.00. The van der Waals surface area contributed by atoms with E-state index < -0.39 is 0 Å². The molecular weight excluding hydrogens is 212 g/mol. The summed E-state index contributed by atoms with van der Waals surface area (Å²) in [7, 11) is 0. The van der Waals surface area contributed by atoms with E-state index in [1.54, 1.807) is 12.4 Å². The quantitative estimate of drug-likeness (QED) is 0.641. The Morgan fingerprint density at radius 1 is 0.882 bits per heavy atom. The highest BCUT2D eigenvalue weighted by Crippen LogP contribution is 2.29. The third kappa shape index (κ3) is 1.46. The van der Waals surface area contributed by atoms with Crippen LogP contribution in [0.3, 0.4) is 0 Å². The van der Waals surface area contributed by atoms with Crippen LogP contribution in [-0.2, 0) is 4.79 Å². The summed E-state index contributed by atoms with van der Waals surface area (Å²) in [6.07, 6.45) is 1.80. The molecule has 0 unspecified atom stereocenters. The molecule has 0 saturated heterocycles. The average Bonchev–Trinajstić information content (AvgIpc) is 2.36. The van der Waals surface area contributed by atoms with Crippen LogP contribution in [0.1, 0.15) is 5.56 Å². The molecule has 17 heavy (non-hydrogen) atoms. The summed E-state index contributed by atoms with van der Waals surface area (Å²) in [6.45, 7) is 0. The summed E-state index contributed by atoms with van der Waals surface area (Å²) in [5, 5.41) is 13.4. The van der Waals surface area contributed by atoms with Crippen molar-refractivity contribution < 1.29 is 9.90 Å². The van der Waals surface area contributed by atoms with Crippen LogP contribution in [0.2, 0.25) is 0 Å². The fourth-order valence-corrected chi connectivity index (χ4v) is 2.11. The van der Waals surface area contributed by atoms with Crippen LogP contribution >= 0.6 is 0 Å². The van der Waals surface area contributed by atoms with E-state index in [0.717, 1.165) is 21.5 Å². The van der Waals surface area contributed by atoms with Crippen LogP contribution in [0, 0.1) is 0 Å². The molecule has 3 aromatic carbocycles. The molecule has 0 spiro atoms. The largest absolute Gasteiger partial charge is 0.507 e. The number of benzene rings is 3. The summed E-state index contributed by atoms with van der Waals surface area (Å²) in [4.78, 5) is 10.9. The lowest BCUT2D eigenvalue weighted by Gasteiger charge is -2.05. The maximum Gasteiger partial charge on any atom is 0.238 e. The first kappa shape index (κ1) is 9.85. The number of hydrogen-bond acceptors (Lipinski definition) is 2. The zero-order chi connectivity index (χ0) is 11.8. The van der Waals surface area contributed by atoms with E-state index in [2.05, 4.69) is 0 Å². The lowest BCUT2D eigenvalue weighted by molar-refractivity contribution is 0.473. The van der Waals surface area contributed by atoms with Gasteiger partial charge in [-0.3, -0.25) is 4.79 Å². The van der Waals surface area contributed by atoms with Crippen molar-refractivity contribution in [2.75, 3.05) is 0 Å². The third-order valence-electron chi connectivity index (χ3n) is 2.97. The van der Waals surface area contributed by atoms with Gasteiger partial charge < -0.3 is 5.11 Å². The fraction of sp³-hybridized carbons (Fsp3) is 0. The van der Waals surface area contributed by atoms with Gasteiger partial charge in [0, 0.05) is 0 Å². The maximum absolute atomic E-state index is 10.9.